The number of aryl methyl sites for hydroxylation is 1. The summed E-state index contributed by atoms with van der Waals surface area (Å²) in [6.07, 6.45) is 3.84. The van der Waals surface area contributed by atoms with Gasteiger partial charge in [0.25, 0.3) is 0 Å². The number of nitrogens with one attached hydrogen (secondary N) is 2. The van der Waals surface area contributed by atoms with Gasteiger partial charge in [-0.15, -0.1) is 23.1 Å². The molecule has 182 valence electrons. The van der Waals surface area contributed by atoms with Crippen LogP contribution in [0.15, 0.2) is 59.5 Å². The lowest BCUT2D eigenvalue weighted by Gasteiger charge is -2.18. The Hall–Kier alpha value is -3.10. The van der Waals surface area contributed by atoms with E-state index in [0.717, 1.165) is 46.6 Å². The SMILES string of the molecule is CCOC(=O)c1c(NC(=O)C(Sc2cccc(NC(C)=O)c2)c2ccccc2)sc2c1CCCC2. The van der Waals surface area contributed by atoms with E-state index in [9.17, 15) is 14.4 Å². The number of hydrogen-bond acceptors (Lipinski definition) is 6. The number of carbonyl (C=O) groups excluding carboxylic acids is 3. The highest BCUT2D eigenvalue weighted by Crippen LogP contribution is 2.41. The number of thioether (sulfide) groups is 1. The first-order valence-corrected chi connectivity index (χ1v) is 13.4. The van der Waals surface area contributed by atoms with Crippen molar-refractivity contribution in [1.82, 2.24) is 0 Å². The zero-order valence-corrected chi connectivity index (χ0v) is 21.4. The average molecular weight is 509 g/mol. The van der Waals surface area contributed by atoms with Gasteiger partial charge < -0.3 is 15.4 Å². The number of ether oxygens (including phenoxy) is 1. The van der Waals surface area contributed by atoms with Crippen molar-refractivity contribution < 1.29 is 19.1 Å². The maximum atomic E-state index is 13.7. The zero-order valence-electron chi connectivity index (χ0n) is 19.8. The second kappa shape index (κ2) is 11.6. The summed E-state index contributed by atoms with van der Waals surface area (Å²) in [7, 11) is 0. The van der Waals surface area contributed by atoms with Gasteiger partial charge in [-0.2, -0.15) is 0 Å². The van der Waals surface area contributed by atoms with E-state index in [4.69, 9.17) is 4.74 Å². The summed E-state index contributed by atoms with van der Waals surface area (Å²) >= 11 is 2.88. The first kappa shape index (κ1) is 25.0. The highest BCUT2D eigenvalue weighted by Gasteiger charge is 2.30. The molecule has 3 aromatic rings. The van der Waals surface area contributed by atoms with E-state index in [1.165, 1.54) is 30.0 Å². The van der Waals surface area contributed by atoms with Crippen molar-refractivity contribution in [3.8, 4) is 0 Å². The molecule has 2 N–H and O–H groups in total. The van der Waals surface area contributed by atoms with E-state index < -0.39 is 5.25 Å². The van der Waals surface area contributed by atoms with Crippen molar-refractivity contribution in [2.45, 2.75) is 49.7 Å². The van der Waals surface area contributed by atoms with Gasteiger partial charge in [0.1, 0.15) is 10.3 Å². The molecule has 2 aromatic carbocycles. The van der Waals surface area contributed by atoms with Crippen molar-refractivity contribution in [3.05, 3.63) is 76.2 Å². The number of thiophene rings is 1. The van der Waals surface area contributed by atoms with Crippen LogP contribution in [0.3, 0.4) is 0 Å². The van der Waals surface area contributed by atoms with Gasteiger partial charge in [-0.1, -0.05) is 36.4 Å². The molecule has 0 fully saturated rings. The van der Waals surface area contributed by atoms with Crippen LogP contribution in [0, 0.1) is 0 Å². The van der Waals surface area contributed by atoms with Crippen LogP contribution < -0.4 is 10.6 Å². The molecule has 0 bridgehead atoms. The number of esters is 1. The van der Waals surface area contributed by atoms with E-state index in [-0.39, 0.29) is 24.4 Å². The van der Waals surface area contributed by atoms with Gasteiger partial charge in [0.15, 0.2) is 0 Å². The molecule has 1 atom stereocenters. The topological polar surface area (TPSA) is 84.5 Å². The summed E-state index contributed by atoms with van der Waals surface area (Å²) in [4.78, 5) is 40.0. The van der Waals surface area contributed by atoms with Crippen LogP contribution in [0.1, 0.15) is 58.3 Å². The van der Waals surface area contributed by atoms with Crippen LogP contribution in [0.4, 0.5) is 10.7 Å². The summed E-state index contributed by atoms with van der Waals surface area (Å²) < 4.78 is 5.34. The van der Waals surface area contributed by atoms with Crippen LogP contribution in [0.5, 0.6) is 0 Å². The minimum Gasteiger partial charge on any atom is -0.462 e. The standard InChI is InChI=1S/C27H28N2O4S2/c1-3-33-27(32)23-21-14-7-8-15-22(21)35-26(23)29-25(31)24(18-10-5-4-6-11-18)34-20-13-9-12-19(16-20)28-17(2)30/h4-6,9-13,16,24H,3,7-8,14-15H2,1-2H3,(H,28,30)(H,29,31). The Morgan fingerprint density at radius 3 is 2.54 bits per heavy atom. The molecule has 0 aliphatic heterocycles. The number of hydrogen-bond donors (Lipinski definition) is 2. The molecular weight excluding hydrogens is 480 g/mol. The highest BCUT2D eigenvalue weighted by molar-refractivity contribution is 8.00. The first-order chi connectivity index (χ1) is 17.0. The monoisotopic (exact) mass is 508 g/mol. The third-order valence-corrected chi connectivity index (χ3v) is 8.09. The number of fused-ring (bicyclic) bond motifs is 1. The first-order valence-electron chi connectivity index (χ1n) is 11.7. The smallest absolute Gasteiger partial charge is 0.341 e. The van der Waals surface area contributed by atoms with Gasteiger partial charge >= 0.3 is 5.97 Å². The Balaban J connectivity index is 1.65. The number of amides is 2. The van der Waals surface area contributed by atoms with Crippen LogP contribution >= 0.6 is 23.1 Å². The molecule has 0 saturated heterocycles. The fraction of sp³-hybridized carbons (Fsp3) is 0.296. The van der Waals surface area contributed by atoms with Gasteiger partial charge in [0.2, 0.25) is 11.8 Å². The lowest BCUT2D eigenvalue weighted by molar-refractivity contribution is -0.116. The van der Waals surface area contributed by atoms with Crippen LogP contribution in [0.25, 0.3) is 0 Å². The maximum Gasteiger partial charge on any atom is 0.341 e. The quantitative estimate of drug-likeness (QED) is 0.278. The molecule has 2 amide bonds. The normalized spacial score (nSPS) is 13.4. The molecular formula is C27H28N2O4S2. The van der Waals surface area contributed by atoms with Crippen LogP contribution in [-0.2, 0) is 27.2 Å². The maximum absolute atomic E-state index is 13.7. The molecule has 1 aromatic heterocycles. The van der Waals surface area contributed by atoms with Crippen molar-refractivity contribution >= 4 is 51.6 Å². The number of anilines is 2. The lowest BCUT2D eigenvalue weighted by Crippen LogP contribution is -2.20. The Morgan fingerprint density at radius 1 is 1.03 bits per heavy atom. The second-order valence-electron chi connectivity index (χ2n) is 8.24. The molecule has 1 aliphatic rings. The Labute approximate surface area is 213 Å². The molecule has 8 heteroatoms. The van der Waals surface area contributed by atoms with Gasteiger partial charge in [-0.3, -0.25) is 9.59 Å². The van der Waals surface area contributed by atoms with Gasteiger partial charge in [-0.05, 0) is 61.9 Å². The van der Waals surface area contributed by atoms with Crippen molar-refractivity contribution in [1.29, 1.82) is 0 Å². The summed E-state index contributed by atoms with van der Waals surface area (Å²) in [5, 5.41) is 5.85. The van der Waals surface area contributed by atoms with Gasteiger partial charge in [0, 0.05) is 22.4 Å². The zero-order chi connectivity index (χ0) is 24.8. The van der Waals surface area contributed by atoms with Gasteiger partial charge in [-0.25, -0.2) is 4.79 Å². The van der Waals surface area contributed by atoms with Crippen molar-refractivity contribution in [2.24, 2.45) is 0 Å². The highest BCUT2D eigenvalue weighted by atomic mass is 32.2. The number of carbonyl (C=O) groups is 3. The van der Waals surface area contributed by atoms with Crippen molar-refractivity contribution in [2.75, 3.05) is 17.2 Å². The molecule has 0 radical (unpaired) electrons. The third kappa shape index (κ3) is 6.13. The second-order valence-corrected chi connectivity index (χ2v) is 10.5. The Kier molecular flexibility index (Phi) is 8.25. The molecule has 0 spiro atoms. The van der Waals surface area contributed by atoms with E-state index >= 15 is 0 Å². The van der Waals surface area contributed by atoms with E-state index in [0.29, 0.717) is 16.3 Å². The summed E-state index contributed by atoms with van der Waals surface area (Å²) in [5.41, 5.74) is 3.04. The fourth-order valence-electron chi connectivity index (χ4n) is 4.14. The minimum atomic E-state index is -0.557. The molecule has 0 saturated carbocycles. The third-order valence-electron chi connectivity index (χ3n) is 5.64. The fourth-order valence-corrected chi connectivity index (χ4v) is 6.50. The molecule has 1 heterocycles. The van der Waals surface area contributed by atoms with Gasteiger partial charge in [0.05, 0.1) is 12.2 Å². The minimum absolute atomic E-state index is 0.155. The predicted molar refractivity (Wildman–Crippen MR) is 141 cm³/mol. The van der Waals surface area contributed by atoms with Crippen LogP contribution in [0.2, 0.25) is 0 Å². The molecule has 35 heavy (non-hydrogen) atoms. The summed E-state index contributed by atoms with van der Waals surface area (Å²) in [5.74, 6) is -0.748. The average Bonchev–Trinajstić information content (AvgIpc) is 3.21. The largest absolute Gasteiger partial charge is 0.462 e. The lowest BCUT2D eigenvalue weighted by atomic mass is 9.95. The summed E-state index contributed by atoms with van der Waals surface area (Å²) in [6, 6.07) is 17.0. The number of rotatable bonds is 8. The van der Waals surface area contributed by atoms with E-state index in [1.54, 1.807) is 6.92 Å². The van der Waals surface area contributed by atoms with Crippen molar-refractivity contribution in [3.63, 3.8) is 0 Å². The van der Waals surface area contributed by atoms with E-state index in [2.05, 4.69) is 10.6 Å². The molecule has 1 aliphatic carbocycles. The predicted octanol–water partition coefficient (Wildman–Crippen LogP) is 6.23. The summed E-state index contributed by atoms with van der Waals surface area (Å²) in [6.45, 7) is 3.53. The van der Waals surface area contributed by atoms with E-state index in [1.807, 2.05) is 54.6 Å². The van der Waals surface area contributed by atoms with Crippen LogP contribution in [-0.4, -0.2) is 24.4 Å². The number of benzene rings is 2. The molecule has 6 nitrogen and oxygen atoms in total. The molecule has 4 rings (SSSR count). The molecule has 1 unspecified atom stereocenters. The Morgan fingerprint density at radius 2 is 1.80 bits per heavy atom. The Bertz CT molecular complexity index is 1220.